The van der Waals surface area contributed by atoms with Gasteiger partial charge in [0.25, 0.3) is 5.88 Å². The van der Waals surface area contributed by atoms with Gasteiger partial charge in [0.1, 0.15) is 23.8 Å². The highest BCUT2D eigenvalue weighted by Crippen LogP contribution is 2.57. The number of phenolic OH excluding ortho intramolecular Hbond substituents is 1. The van der Waals surface area contributed by atoms with Crippen LogP contribution in [-0.4, -0.2) is 102 Å². The average molecular weight is 845 g/mol. The van der Waals surface area contributed by atoms with Crippen LogP contribution in [-0.2, 0) is 9.59 Å². The summed E-state index contributed by atoms with van der Waals surface area (Å²) in [5.41, 5.74) is 7.15. The molecule has 61 heavy (non-hydrogen) atoms. The number of nitrogens with one attached hydrogen (secondary N) is 2. The van der Waals surface area contributed by atoms with Crippen molar-refractivity contribution in [1.29, 1.82) is 0 Å². The number of hydrogen-bond acceptors (Lipinski definition) is 12. The maximum absolute atomic E-state index is 14.4. The minimum absolute atomic E-state index is 0.0376. The van der Waals surface area contributed by atoms with E-state index in [1.807, 2.05) is 75.7 Å². The van der Waals surface area contributed by atoms with Crippen LogP contribution in [0.5, 0.6) is 11.6 Å². The number of aryl methyl sites for hydroxylation is 1. The van der Waals surface area contributed by atoms with Crippen molar-refractivity contribution in [3.63, 3.8) is 0 Å². The summed E-state index contributed by atoms with van der Waals surface area (Å²) in [6, 6.07) is 18.6. The van der Waals surface area contributed by atoms with Crippen LogP contribution in [0.4, 0.5) is 0 Å². The second-order valence-electron chi connectivity index (χ2n) is 17.9. The first kappa shape index (κ1) is 40.7. The Balaban J connectivity index is 0.775. The molecule has 3 aliphatic rings. The first-order chi connectivity index (χ1) is 29.3. The Kier molecular flexibility index (Phi) is 10.7. The Morgan fingerprint density at radius 3 is 2.56 bits per heavy atom. The molecule has 0 bridgehead atoms. The number of likely N-dealkylation sites (tertiary alicyclic amines) is 2. The topological polar surface area (TPSA) is 183 Å². The number of thiazole rings is 1. The van der Waals surface area contributed by atoms with Gasteiger partial charge in [-0.1, -0.05) is 50.2 Å². The summed E-state index contributed by atoms with van der Waals surface area (Å²) in [6.07, 6.45) is 3.52. The molecule has 2 aliphatic heterocycles. The third-order valence-electron chi connectivity index (χ3n) is 13.1. The highest BCUT2D eigenvalue weighted by atomic mass is 32.1. The average Bonchev–Trinajstić information content (AvgIpc) is 4.02. The quantitative estimate of drug-likeness (QED) is 0.0942. The molecule has 1 aliphatic carbocycles. The van der Waals surface area contributed by atoms with Gasteiger partial charge in [0, 0.05) is 55.8 Å². The fourth-order valence-corrected chi connectivity index (χ4v) is 10.6. The minimum Gasteiger partial charge on any atom is -0.507 e. The number of phenols is 1. The molecule has 2 amide bonds. The van der Waals surface area contributed by atoms with E-state index in [4.69, 9.17) is 9.26 Å². The molecule has 4 N–H and O–H groups in total. The molecule has 2 saturated heterocycles. The number of aliphatic hydroxyl groups excluding tert-OH is 1. The van der Waals surface area contributed by atoms with Crippen molar-refractivity contribution in [2.24, 2.45) is 11.3 Å². The number of para-hydroxylation sites is 1. The van der Waals surface area contributed by atoms with Gasteiger partial charge in [0.2, 0.25) is 11.8 Å². The Labute approximate surface area is 358 Å². The van der Waals surface area contributed by atoms with Crippen molar-refractivity contribution in [3.8, 4) is 33.3 Å². The molecule has 9 rings (SSSR count). The van der Waals surface area contributed by atoms with Crippen LogP contribution in [0.1, 0.15) is 87.4 Å². The van der Waals surface area contributed by atoms with E-state index in [0.717, 1.165) is 65.2 Å². The SMILES string of the molecule is Cc1ncsc1-c1ccc([C@H](C)NC(=O)C2(C)C[C@@H](O)CN2C(=O)[C@@H](c2cc(OCCN3CC4(CC(c5c[nH]c6nnc(-c7ccccc7O)cc56)C4)C3)no2)C(C)C)cc1. The monoisotopic (exact) mass is 844 g/mol. The Bertz CT molecular complexity index is 2550. The zero-order valence-corrected chi connectivity index (χ0v) is 35.9. The predicted octanol–water partition coefficient (Wildman–Crippen LogP) is 6.98. The molecule has 0 radical (unpaired) electrons. The molecule has 3 fully saturated rings. The largest absolute Gasteiger partial charge is 0.507 e. The van der Waals surface area contributed by atoms with Crippen molar-refractivity contribution in [3.05, 3.63) is 95.0 Å². The number of aromatic hydroxyl groups is 1. The molecule has 2 aromatic carbocycles. The highest BCUT2D eigenvalue weighted by Gasteiger charge is 2.53. The number of H-pyrrole nitrogens is 1. The standard InChI is InChI=1S/C46H52N8O6S/c1-26(2)40(43(57)54-22-32(55)20-45(54,5)44(58)49-27(3)29-10-12-30(13-11-29)41-28(4)48-25-61-41)38-17-39(52-60-38)59-15-14-53-23-46(24-53)18-31(19-46)35-21-47-42-34(35)16-36(50-51-42)33-8-6-7-9-37(33)56/h6-13,16-17,21,25-27,31-32,40,55-56H,14-15,18-20,22-24H2,1-5H3,(H,47,51)(H,49,58)/t27-,32+,40+,45?/m0/s1. The van der Waals surface area contributed by atoms with E-state index in [2.05, 4.69) is 41.7 Å². The zero-order valence-electron chi connectivity index (χ0n) is 35.1. The Morgan fingerprint density at radius 2 is 1.84 bits per heavy atom. The van der Waals surface area contributed by atoms with Crippen molar-refractivity contribution in [2.75, 3.05) is 32.8 Å². The number of aromatic amines is 1. The number of amides is 2. The number of aromatic nitrogens is 5. The molecule has 1 unspecified atom stereocenters. The van der Waals surface area contributed by atoms with Gasteiger partial charge in [-0.3, -0.25) is 14.5 Å². The summed E-state index contributed by atoms with van der Waals surface area (Å²) in [5.74, 6) is -0.248. The number of benzene rings is 2. The van der Waals surface area contributed by atoms with E-state index in [9.17, 15) is 19.8 Å². The summed E-state index contributed by atoms with van der Waals surface area (Å²) < 4.78 is 11.8. The first-order valence-corrected chi connectivity index (χ1v) is 21.9. The highest BCUT2D eigenvalue weighted by molar-refractivity contribution is 7.13. The van der Waals surface area contributed by atoms with Gasteiger partial charge in [-0.15, -0.1) is 21.5 Å². The molecule has 6 aromatic rings. The van der Waals surface area contributed by atoms with Gasteiger partial charge in [-0.25, -0.2) is 4.98 Å². The summed E-state index contributed by atoms with van der Waals surface area (Å²) in [4.78, 5) is 41.0. The number of ether oxygens (including phenoxy) is 1. The first-order valence-electron chi connectivity index (χ1n) is 21.1. The number of fused-ring (bicyclic) bond motifs is 1. The number of carbonyl (C=O) groups is 2. The van der Waals surface area contributed by atoms with E-state index < -0.39 is 17.6 Å². The number of aliphatic hydroxyl groups is 1. The number of β-amino-alcohol motifs (C(OH)–C–C–N with tert-alkyl or cyclic N) is 1. The van der Waals surface area contributed by atoms with Gasteiger partial charge in [-0.2, -0.15) is 0 Å². The molecular formula is C46H52N8O6S. The molecule has 318 valence electrons. The second-order valence-corrected chi connectivity index (χ2v) is 18.7. The van der Waals surface area contributed by atoms with Crippen LogP contribution in [0, 0.1) is 18.3 Å². The van der Waals surface area contributed by atoms with Gasteiger partial charge >= 0.3 is 0 Å². The van der Waals surface area contributed by atoms with Gasteiger partial charge in [0.05, 0.1) is 33.9 Å². The third kappa shape index (κ3) is 7.67. The third-order valence-corrected chi connectivity index (χ3v) is 14.1. The second kappa shape index (κ2) is 16.0. The van der Waals surface area contributed by atoms with Gasteiger partial charge < -0.3 is 34.7 Å². The summed E-state index contributed by atoms with van der Waals surface area (Å²) in [5, 5.41) is 38.3. The van der Waals surface area contributed by atoms with Crippen LogP contribution < -0.4 is 10.1 Å². The van der Waals surface area contributed by atoms with Crippen LogP contribution in [0.25, 0.3) is 32.7 Å². The van der Waals surface area contributed by atoms with Crippen molar-refractivity contribution >= 4 is 34.2 Å². The fraction of sp³-hybridized carbons (Fsp3) is 0.435. The van der Waals surface area contributed by atoms with E-state index in [0.29, 0.717) is 40.8 Å². The molecule has 4 aromatic heterocycles. The molecular weight excluding hydrogens is 793 g/mol. The number of carbonyl (C=O) groups excluding carboxylic acids is 2. The lowest BCUT2D eigenvalue weighted by Crippen LogP contribution is -2.62. The minimum atomic E-state index is -1.27. The van der Waals surface area contributed by atoms with Crippen molar-refractivity contribution in [1.82, 2.24) is 40.4 Å². The van der Waals surface area contributed by atoms with E-state index >= 15 is 0 Å². The summed E-state index contributed by atoms with van der Waals surface area (Å²) in [6.45, 7) is 12.7. The van der Waals surface area contributed by atoms with Crippen LogP contribution in [0.3, 0.4) is 0 Å². The van der Waals surface area contributed by atoms with Crippen LogP contribution >= 0.6 is 11.3 Å². The maximum Gasteiger partial charge on any atom is 0.254 e. The Hall–Kier alpha value is -5.64. The smallest absolute Gasteiger partial charge is 0.254 e. The fourth-order valence-electron chi connectivity index (χ4n) is 9.83. The summed E-state index contributed by atoms with van der Waals surface area (Å²) >= 11 is 1.59. The van der Waals surface area contributed by atoms with Crippen molar-refractivity contribution < 1.29 is 29.1 Å². The van der Waals surface area contributed by atoms with Crippen LogP contribution in [0.2, 0.25) is 0 Å². The number of hydrogen-bond donors (Lipinski definition) is 4. The van der Waals surface area contributed by atoms with E-state index in [1.54, 1.807) is 36.5 Å². The number of nitrogens with zero attached hydrogens (tertiary/aromatic N) is 6. The van der Waals surface area contributed by atoms with Gasteiger partial charge in [-0.05, 0) is 90.9 Å². The van der Waals surface area contributed by atoms with Gasteiger partial charge in [0.15, 0.2) is 11.4 Å². The normalized spacial score (nSPS) is 21.1. The summed E-state index contributed by atoms with van der Waals surface area (Å²) in [7, 11) is 0. The molecule has 1 spiro atoms. The zero-order chi connectivity index (χ0) is 42.6. The molecule has 6 heterocycles. The lowest BCUT2D eigenvalue weighted by atomic mass is 9.56. The van der Waals surface area contributed by atoms with Crippen molar-refractivity contribution in [2.45, 2.75) is 83.4 Å². The molecule has 1 saturated carbocycles. The van der Waals surface area contributed by atoms with Crippen LogP contribution in [0.15, 0.2) is 76.9 Å². The van der Waals surface area contributed by atoms with E-state index in [1.165, 1.54) is 10.5 Å². The number of rotatable bonds is 13. The van der Waals surface area contributed by atoms with E-state index in [-0.39, 0.29) is 42.5 Å². The molecule has 4 atom stereocenters. The Morgan fingerprint density at radius 1 is 1.07 bits per heavy atom. The predicted molar refractivity (Wildman–Crippen MR) is 231 cm³/mol. The lowest BCUT2D eigenvalue weighted by molar-refractivity contribution is -0.146. The molecule has 14 nitrogen and oxygen atoms in total. The maximum atomic E-state index is 14.4. The lowest BCUT2D eigenvalue weighted by Gasteiger charge is -2.59. The molecule has 15 heteroatoms.